The highest BCUT2D eigenvalue weighted by molar-refractivity contribution is 5.53. The van der Waals surface area contributed by atoms with E-state index in [0.29, 0.717) is 6.61 Å². The van der Waals surface area contributed by atoms with Crippen LogP contribution >= 0.6 is 0 Å². The molecule has 0 bridgehead atoms. The predicted octanol–water partition coefficient (Wildman–Crippen LogP) is 1.73. The summed E-state index contributed by atoms with van der Waals surface area (Å²) in [6, 6.07) is 3.87. The molecule has 2 rings (SSSR count). The maximum atomic E-state index is 5.39. The standard InChI is InChI=1S/C9H10N2O/c1-2-12-8-4-3-6-11-7-5-10-9(8)11/h3-7H,2H2,1H3. The van der Waals surface area contributed by atoms with Gasteiger partial charge in [0.15, 0.2) is 11.4 Å². The lowest BCUT2D eigenvalue weighted by atomic mass is 10.4. The van der Waals surface area contributed by atoms with Crippen LogP contribution in [0.1, 0.15) is 6.92 Å². The summed E-state index contributed by atoms with van der Waals surface area (Å²) >= 11 is 0. The number of imidazole rings is 1. The lowest BCUT2D eigenvalue weighted by Gasteiger charge is -2.03. The Bertz CT molecular complexity index is 381. The number of hydrogen-bond acceptors (Lipinski definition) is 2. The van der Waals surface area contributed by atoms with Gasteiger partial charge in [-0.05, 0) is 19.1 Å². The van der Waals surface area contributed by atoms with E-state index in [1.165, 1.54) is 0 Å². The van der Waals surface area contributed by atoms with Gasteiger partial charge in [0, 0.05) is 18.6 Å². The largest absolute Gasteiger partial charge is 0.490 e. The molecule has 0 saturated carbocycles. The van der Waals surface area contributed by atoms with Crippen LogP contribution in [0.2, 0.25) is 0 Å². The SMILES string of the molecule is CCOc1cccn2ccnc12. The zero-order valence-electron chi connectivity index (χ0n) is 6.90. The van der Waals surface area contributed by atoms with Gasteiger partial charge >= 0.3 is 0 Å². The molecule has 2 aromatic rings. The van der Waals surface area contributed by atoms with Gasteiger partial charge in [-0.3, -0.25) is 0 Å². The van der Waals surface area contributed by atoms with Crippen LogP contribution in [-0.2, 0) is 0 Å². The molecule has 0 saturated heterocycles. The Morgan fingerprint density at radius 2 is 2.42 bits per heavy atom. The van der Waals surface area contributed by atoms with E-state index in [-0.39, 0.29) is 0 Å². The van der Waals surface area contributed by atoms with E-state index < -0.39 is 0 Å². The van der Waals surface area contributed by atoms with Crippen LogP contribution in [0, 0.1) is 0 Å². The average molecular weight is 162 g/mol. The lowest BCUT2D eigenvalue weighted by molar-refractivity contribution is 0.342. The zero-order valence-corrected chi connectivity index (χ0v) is 6.90. The number of nitrogens with zero attached hydrogens (tertiary/aromatic N) is 2. The highest BCUT2D eigenvalue weighted by Crippen LogP contribution is 2.16. The van der Waals surface area contributed by atoms with E-state index in [0.717, 1.165) is 11.4 Å². The van der Waals surface area contributed by atoms with E-state index in [2.05, 4.69) is 4.98 Å². The van der Waals surface area contributed by atoms with E-state index in [4.69, 9.17) is 4.74 Å². The molecule has 0 aromatic carbocycles. The zero-order chi connectivity index (χ0) is 8.39. The molecular formula is C9H10N2O. The number of pyridine rings is 1. The monoisotopic (exact) mass is 162 g/mol. The van der Waals surface area contributed by atoms with Gasteiger partial charge in [0.25, 0.3) is 0 Å². The lowest BCUT2D eigenvalue weighted by Crippen LogP contribution is -1.94. The number of hydrogen-bond donors (Lipinski definition) is 0. The van der Waals surface area contributed by atoms with Crippen LogP contribution in [-0.4, -0.2) is 16.0 Å². The normalized spacial score (nSPS) is 10.4. The first-order valence-corrected chi connectivity index (χ1v) is 3.96. The molecule has 12 heavy (non-hydrogen) atoms. The minimum Gasteiger partial charge on any atom is -0.490 e. The Balaban J connectivity index is 2.57. The van der Waals surface area contributed by atoms with Crippen LogP contribution < -0.4 is 4.74 Å². The fourth-order valence-electron chi connectivity index (χ4n) is 1.19. The van der Waals surface area contributed by atoms with Gasteiger partial charge in [-0.1, -0.05) is 0 Å². The van der Waals surface area contributed by atoms with Gasteiger partial charge in [0.05, 0.1) is 6.61 Å². The van der Waals surface area contributed by atoms with E-state index in [1.807, 2.05) is 35.9 Å². The Kier molecular flexibility index (Phi) is 1.70. The van der Waals surface area contributed by atoms with Gasteiger partial charge < -0.3 is 9.14 Å². The first-order valence-electron chi connectivity index (χ1n) is 3.96. The molecule has 0 unspecified atom stereocenters. The summed E-state index contributed by atoms with van der Waals surface area (Å²) in [6.45, 7) is 2.64. The summed E-state index contributed by atoms with van der Waals surface area (Å²) in [5, 5.41) is 0. The van der Waals surface area contributed by atoms with Crippen LogP contribution in [0.3, 0.4) is 0 Å². The molecule has 3 heteroatoms. The molecule has 0 aliphatic rings. The first kappa shape index (κ1) is 7.16. The van der Waals surface area contributed by atoms with Gasteiger partial charge in [0.1, 0.15) is 0 Å². The van der Waals surface area contributed by atoms with Crippen molar-refractivity contribution in [1.82, 2.24) is 9.38 Å². The molecule has 0 aliphatic heterocycles. The topological polar surface area (TPSA) is 26.5 Å². The fourth-order valence-corrected chi connectivity index (χ4v) is 1.19. The van der Waals surface area contributed by atoms with Crippen molar-refractivity contribution < 1.29 is 4.74 Å². The van der Waals surface area contributed by atoms with Crippen molar-refractivity contribution in [2.45, 2.75) is 6.92 Å². The van der Waals surface area contributed by atoms with E-state index in [9.17, 15) is 0 Å². The van der Waals surface area contributed by atoms with Crippen molar-refractivity contribution in [1.29, 1.82) is 0 Å². The molecular weight excluding hydrogens is 152 g/mol. The quantitative estimate of drug-likeness (QED) is 0.672. The molecule has 0 aliphatic carbocycles. The minimum absolute atomic E-state index is 0.673. The summed E-state index contributed by atoms with van der Waals surface area (Å²) in [4.78, 5) is 4.18. The van der Waals surface area contributed by atoms with E-state index in [1.54, 1.807) is 6.20 Å². The molecule has 2 aromatic heterocycles. The number of ether oxygens (including phenoxy) is 1. The number of rotatable bonds is 2. The number of aromatic nitrogens is 2. The smallest absolute Gasteiger partial charge is 0.179 e. The Labute approximate surface area is 70.6 Å². The summed E-state index contributed by atoms with van der Waals surface area (Å²) in [5.41, 5.74) is 0.874. The van der Waals surface area contributed by atoms with Crippen molar-refractivity contribution in [3.63, 3.8) is 0 Å². The van der Waals surface area contributed by atoms with Gasteiger partial charge in [-0.15, -0.1) is 0 Å². The van der Waals surface area contributed by atoms with Crippen molar-refractivity contribution >= 4 is 5.65 Å². The van der Waals surface area contributed by atoms with Crippen LogP contribution in [0.5, 0.6) is 5.75 Å². The highest BCUT2D eigenvalue weighted by atomic mass is 16.5. The fraction of sp³-hybridized carbons (Fsp3) is 0.222. The molecule has 0 N–H and O–H groups in total. The third kappa shape index (κ3) is 1.03. The average Bonchev–Trinajstić information content (AvgIpc) is 2.53. The van der Waals surface area contributed by atoms with Crippen molar-refractivity contribution in [2.75, 3.05) is 6.61 Å². The molecule has 0 radical (unpaired) electrons. The first-order chi connectivity index (χ1) is 5.92. The summed E-state index contributed by atoms with van der Waals surface area (Å²) in [6.07, 6.45) is 5.61. The van der Waals surface area contributed by atoms with E-state index >= 15 is 0 Å². The van der Waals surface area contributed by atoms with Gasteiger partial charge in [0.2, 0.25) is 0 Å². The van der Waals surface area contributed by atoms with Crippen molar-refractivity contribution in [3.8, 4) is 5.75 Å². The van der Waals surface area contributed by atoms with Crippen molar-refractivity contribution in [3.05, 3.63) is 30.7 Å². The third-order valence-electron chi connectivity index (χ3n) is 1.68. The second-order valence-corrected chi connectivity index (χ2v) is 2.46. The van der Waals surface area contributed by atoms with Crippen LogP contribution in [0.25, 0.3) is 5.65 Å². The predicted molar refractivity (Wildman–Crippen MR) is 46.4 cm³/mol. The molecule has 62 valence electrons. The minimum atomic E-state index is 0.673. The second-order valence-electron chi connectivity index (χ2n) is 2.46. The molecule has 0 amide bonds. The second kappa shape index (κ2) is 2.85. The van der Waals surface area contributed by atoms with Gasteiger partial charge in [-0.25, -0.2) is 4.98 Å². The highest BCUT2D eigenvalue weighted by Gasteiger charge is 2.00. The molecule has 0 fully saturated rings. The molecule has 0 atom stereocenters. The summed E-state index contributed by atoms with van der Waals surface area (Å²) < 4.78 is 7.33. The van der Waals surface area contributed by atoms with Gasteiger partial charge in [-0.2, -0.15) is 0 Å². The van der Waals surface area contributed by atoms with Crippen LogP contribution in [0.4, 0.5) is 0 Å². The summed E-state index contributed by atoms with van der Waals surface area (Å²) in [7, 11) is 0. The maximum Gasteiger partial charge on any atom is 0.179 e. The maximum absolute atomic E-state index is 5.39. The van der Waals surface area contributed by atoms with Crippen LogP contribution in [0.15, 0.2) is 30.7 Å². The molecule has 3 nitrogen and oxygen atoms in total. The third-order valence-corrected chi connectivity index (χ3v) is 1.68. The Morgan fingerprint density at radius 3 is 3.25 bits per heavy atom. The Hall–Kier alpha value is -1.51. The summed E-state index contributed by atoms with van der Waals surface area (Å²) in [5.74, 6) is 0.838. The molecule has 2 heterocycles. The Morgan fingerprint density at radius 1 is 1.50 bits per heavy atom. The number of fused-ring (bicyclic) bond motifs is 1. The van der Waals surface area contributed by atoms with Crippen molar-refractivity contribution in [2.24, 2.45) is 0 Å². The molecule has 0 spiro atoms.